The van der Waals surface area contributed by atoms with E-state index in [9.17, 15) is 12.8 Å². The van der Waals surface area contributed by atoms with Crippen LogP contribution in [0, 0.1) is 11.2 Å². The Labute approximate surface area is 128 Å². The van der Waals surface area contributed by atoms with E-state index in [1.54, 1.807) is 0 Å². The molecule has 0 aliphatic carbocycles. The molecule has 0 unspecified atom stereocenters. The minimum absolute atomic E-state index is 0.0829. The molecule has 1 aromatic rings. The van der Waals surface area contributed by atoms with Crippen molar-refractivity contribution in [1.82, 2.24) is 4.31 Å². The molecule has 3 nitrogen and oxygen atoms in total. The SMILES string of the molecule is CCC1(CC)CCN(S(=O)(=O)c2ccc(F)cc2Br)C1. The molecule has 1 heterocycles. The molecule has 1 aliphatic heterocycles. The number of sulfonamides is 1. The molecule has 0 bridgehead atoms. The maximum atomic E-state index is 13.1. The van der Waals surface area contributed by atoms with Gasteiger partial charge in [0.2, 0.25) is 10.0 Å². The highest BCUT2D eigenvalue weighted by Gasteiger charge is 2.41. The fourth-order valence-corrected chi connectivity index (χ4v) is 5.31. The first-order chi connectivity index (χ1) is 9.34. The lowest BCUT2D eigenvalue weighted by molar-refractivity contribution is 0.279. The topological polar surface area (TPSA) is 37.4 Å². The molecule has 112 valence electrons. The third-order valence-corrected chi connectivity index (χ3v) is 7.24. The summed E-state index contributed by atoms with van der Waals surface area (Å²) in [4.78, 5) is 0.141. The first kappa shape index (κ1) is 15.9. The van der Waals surface area contributed by atoms with Crippen molar-refractivity contribution in [2.24, 2.45) is 5.41 Å². The van der Waals surface area contributed by atoms with E-state index in [0.29, 0.717) is 13.1 Å². The molecule has 0 spiro atoms. The molecule has 6 heteroatoms. The van der Waals surface area contributed by atoms with Crippen LogP contribution in [0.15, 0.2) is 27.6 Å². The van der Waals surface area contributed by atoms with Crippen molar-refractivity contribution in [2.75, 3.05) is 13.1 Å². The predicted molar refractivity (Wildman–Crippen MR) is 80.5 cm³/mol. The summed E-state index contributed by atoms with van der Waals surface area (Å²) in [6.07, 6.45) is 2.83. The van der Waals surface area contributed by atoms with Gasteiger partial charge in [-0.1, -0.05) is 13.8 Å². The fraction of sp³-hybridized carbons (Fsp3) is 0.571. The van der Waals surface area contributed by atoms with Crippen molar-refractivity contribution in [1.29, 1.82) is 0 Å². The van der Waals surface area contributed by atoms with E-state index < -0.39 is 15.8 Å². The van der Waals surface area contributed by atoms with Gasteiger partial charge in [-0.15, -0.1) is 0 Å². The first-order valence-electron chi connectivity index (χ1n) is 6.80. The van der Waals surface area contributed by atoms with Gasteiger partial charge in [0, 0.05) is 17.6 Å². The van der Waals surface area contributed by atoms with Crippen molar-refractivity contribution in [3.63, 3.8) is 0 Å². The van der Waals surface area contributed by atoms with Crippen LogP contribution in [0.5, 0.6) is 0 Å². The van der Waals surface area contributed by atoms with Crippen LogP contribution in [0.25, 0.3) is 0 Å². The van der Waals surface area contributed by atoms with Crippen molar-refractivity contribution in [2.45, 2.75) is 38.0 Å². The molecule has 0 amide bonds. The van der Waals surface area contributed by atoms with Gasteiger partial charge in [0.25, 0.3) is 0 Å². The van der Waals surface area contributed by atoms with Gasteiger partial charge >= 0.3 is 0 Å². The monoisotopic (exact) mass is 363 g/mol. The molecule has 1 saturated heterocycles. The summed E-state index contributed by atoms with van der Waals surface area (Å²) >= 11 is 3.15. The predicted octanol–water partition coefficient (Wildman–Crippen LogP) is 3.79. The van der Waals surface area contributed by atoms with Crippen LogP contribution in [0.2, 0.25) is 0 Å². The van der Waals surface area contributed by atoms with Gasteiger partial charge in [0.1, 0.15) is 5.82 Å². The standard InChI is InChI=1S/C14H19BrFNO2S/c1-3-14(4-2)7-8-17(10-14)20(18,19)13-6-5-11(16)9-12(13)15/h5-6,9H,3-4,7-8,10H2,1-2H3. The maximum Gasteiger partial charge on any atom is 0.244 e. The van der Waals surface area contributed by atoms with E-state index in [-0.39, 0.29) is 14.8 Å². The number of hydrogen-bond acceptors (Lipinski definition) is 2. The second kappa shape index (κ2) is 5.73. The highest BCUT2D eigenvalue weighted by molar-refractivity contribution is 9.10. The van der Waals surface area contributed by atoms with Crippen molar-refractivity contribution < 1.29 is 12.8 Å². The number of nitrogens with zero attached hydrogens (tertiary/aromatic N) is 1. The second-order valence-corrected chi connectivity index (χ2v) is 8.13. The van der Waals surface area contributed by atoms with Gasteiger partial charge in [-0.3, -0.25) is 0 Å². The molecular weight excluding hydrogens is 345 g/mol. The normalized spacial score (nSPS) is 19.4. The molecule has 0 atom stereocenters. The van der Waals surface area contributed by atoms with Crippen LogP contribution in [0.1, 0.15) is 33.1 Å². The van der Waals surface area contributed by atoms with Gasteiger partial charge in [-0.25, -0.2) is 12.8 Å². The molecule has 2 rings (SSSR count). The summed E-state index contributed by atoms with van der Waals surface area (Å²) in [5.41, 5.74) is 0.0829. The average molecular weight is 364 g/mol. The quantitative estimate of drug-likeness (QED) is 0.815. The largest absolute Gasteiger partial charge is 0.244 e. The summed E-state index contributed by atoms with van der Waals surface area (Å²) < 4.78 is 40.2. The summed E-state index contributed by atoms with van der Waals surface area (Å²) in [7, 11) is -3.56. The Bertz CT molecular complexity index is 599. The number of halogens is 2. The summed E-state index contributed by atoms with van der Waals surface area (Å²) in [5.74, 6) is -0.450. The van der Waals surface area contributed by atoms with E-state index >= 15 is 0 Å². The number of rotatable bonds is 4. The maximum absolute atomic E-state index is 13.1. The summed E-state index contributed by atoms with van der Waals surface area (Å²) in [6, 6.07) is 3.70. The van der Waals surface area contributed by atoms with Crippen LogP contribution >= 0.6 is 15.9 Å². The van der Waals surface area contributed by atoms with Gasteiger partial charge < -0.3 is 0 Å². The van der Waals surface area contributed by atoms with E-state index in [1.807, 2.05) is 0 Å². The van der Waals surface area contributed by atoms with Crippen LogP contribution in [0.4, 0.5) is 4.39 Å². The highest BCUT2D eigenvalue weighted by Crippen LogP contribution is 2.40. The van der Waals surface area contributed by atoms with Crippen LogP contribution in [-0.2, 0) is 10.0 Å². The highest BCUT2D eigenvalue weighted by atomic mass is 79.9. The molecular formula is C14H19BrFNO2S. The lowest BCUT2D eigenvalue weighted by Crippen LogP contribution is -2.32. The summed E-state index contributed by atoms with van der Waals surface area (Å²) in [6.45, 7) is 5.29. The van der Waals surface area contributed by atoms with E-state index in [2.05, 4.69) is 29.8 Å². The Kier molecular flexibility index (Phi) is 4.56. The van der Waals surface area contributed by atoms with Crippen LogP contribution < -0.4 is 0 Å². The zero-order valence-electron chi connectivity index (χ0n) is 11.7. The fourth-order valence-electron chi connectivity index (χ4n) is 2.75. The molecule has 1 fully saturated rings. The summed E-state index contributed by atoms with van der Waals surface area (Å²) in [5, 5.41) is 0. The first-order valence-corrected chi connectivity index (χ1v) is 9.03. The molecule has 0 radical (unpaired) electrons. The lowest BCUT2D eigenvalue weighted by Gasteiger charge is -2.26. The minimum Gasteiger partial charge on any atom is -0.207 e. The van der Waals surface area contributed by atoms with E-state index in [0.717, 1.165) is 19.3 Å². The van der Waals surface area contributed by atoms with Gasteiger partial charge in [-0.2, -0.15) is 4.31 Å². The Morgan fingerprint density at radius 2 is 2.00 bits per heavy atom. The zero-order valence-corrected chi connectivity index (χ0v) is 14.1. The number of benzene rings is 1. The van der Waals surface area contributed by atoms with Gasteiger partial charge in [0.15, 0.2) is 0 Å². The molecule has 0 saturated carbocycles. The molecule has 1 aliphatic rings. The third-order valence-electron chi connectivity index (χ3n) is 4.42. The number of hydrogen-bond donors (Lipinski definition) is 0. The smallest absolute Gasteiger partial charge is 0.207 e. The molecule has 0 N–H and O–H groups in total. The Hall–Kier alpha value is -0.460. The Morgan fingerprint density at radius 3 is 2.50 bits per heavy atom. The van der Waals surface area contributed by atoms with E-state index in [1.165, 1.54) is 22.5 Å². The van der Waals surface area contributed by atoms with Crippen molar-refractivity contribution in [3.8, 4) is 0 Å². The Morgan fingerprint density at radius 1 is 1.35 bits per heavy atom. The second-order valence-electron chi connectivity index (χ2n) is 5.37. The average Bonchev–Trinajstić information content (AvgIpc) is 2.84. The zero-order chi connectivity index (χ0) is 15.0. The van der Waals surface area contributed by atoms with Crippen LogP contribution in [0.3, 0.4) is 0 Å². The van der Waals surface area contributed by atoms with Gasteiger partial charge in [-0.05, 0) is 58.8 Å². The van der Waals surface area contributed by atoms with Crippen molar-refractivity contribution in [3.05, 3.63) is 28.5 Å². The lowest BCUT2D eigenvalue weighted by atomic mass is 9.82. The van der Waals surface area contributed by atoms with Gasteiger partial charge in [0.05, 0.1) is 4.90 Å². The third kappa shape index (κ3) is 2.78. The molecule has 0 aromatic heterocycles. The minimum atomic E-state index is -3.56. The van der Waals surface area contributed by atoms with Crippen LogP contribution in [-0.4, -0.2) is 25.8 Å². The molecule has 1 aromatic carbocycles. The van der Waals surface area contributed by atoms with E-state index in [4.69, 9.17) is 0 Å². The Balaban J connectivity index is 2.33. The van der Waals surface area contributed by atoms with Crippen molar-refractivity contribution >= 4 is 26.0 Å². The molecule has 20 heavy (non-hydrogen) atoms.